The third kappa shape index (κ3) is 4.33. The molecule has 0 radical (unpaired) electrons. The van der Waals surface area contributed by atoms with Gasteiger partial charge in [0.2, 0.25) is 0 Å². The number of hydrogen-bond acceptors (Lipinski definition) is 4. The summed E-state index contributed by atoms with van der Waals surface area (Å²) in [6.45, 7) is 1.33. The average molecular weight is 304 g/mol. The number of benzene rings is 1. The zero-order valence-corrected chi connectivity index (χ0v) is 11.1. The van der Waals surface area contributed by atoms with Gasteiger partial charge in [0.1, 0.15) is 5.75 Å². The quantitative estimate of drug-likeness (QED) is 0.916. The van der Waals surface area contributed by atoms with E-state index in [2.05, 4.69) is 4.74 Å². The zero-order valence-electron chi connectivity index (χ0n) is 11.1. The van der Waals surface area contributed by atoms with Gasteiger partial charge in [0.05, 0.1) is 12.7 Å². The molecule has 0 aliphatic carbocycles. The van der Waals surface area contributed by atoms with E-state index in [1.165, 1.54) is 17.0 Å². The van der Waals surface area contributed by atoms with Gasteiger partial charge in [-0.25, -0.2) is 0 Å². The smallest absolute Gasteiger partial charge is 0.406 e. The van der Waals surface area contributed by atoms with E-state index in [4.69, 9.17) is 10.5 Å². The average Bonchev–Trinajstić information content (AvgIpc) is 2.45. The molecule has 1 fully saturated rings. The van der Waals surface area contributed by atoms with E-state index >= 15 is 0 Å². The zero-order chi connectivity index (χ0) is 15.5. The summed E-state index contributed by atoms with van der Waals surface area (Å²) >= 11 is 0. The van der Waals surface area contributed by atoms with Gasteiger partial charge in [0.25, 0.3) is 5.91 Å². The summed E-state index contributed by atoms with van der Waals surface area (Å²) in [5, 5.41) is 0. The lowest BCUT2D eigenvalue weighted by molar-refractivity contribution is -0.274. The Morgan fingerprint density at radius 3 is 2.90 bits per heavy atom. The molecule has 1 amide bonds. The molecule has 0 spiro atoms. The van der Waals surface area contributed by atoms with Gasteiger partial charge in [-0.1, -0.05) is 6.07 Å². The van der Waals surface area contributed by atoms with Crippen molar-refractivity contribution < 1.29 is 27.4 Å². The summed E-state index contributed by atoms with van der Waals surface area (Å²) in [5.41, 5.74) is 5.62. The van der Waals surface area contributed by atoms with Crippen LogP contribution in [0.1, 0.15) is 10.4 Å². The monoisotopic (exact) mass is 304 g/mol. The van der Waals surface area contributed by atoms with Crippen LogP contribution >= 0.6 is 0 Å². The highest BCUT2D eigenvalue weighted by Crippen LogP contribution is 2.24. The Bertz CT molecular complexity index is 508. The van der Waals surface area contributed by atoms with Crippen LogP contribution in [0.15, 0.2) is 24.3 Å². The number of morpholine rings is 1. The van der Waals surface area contributed by atoms with E-state index < -0.39 is 12.1 Å². The molecule has 1 atom stereocenters. The van der Waals surface area contributed by atoms with E-state index in [1.54, 1.807) is 0 Å². The Kier molecular flexibility index (Phi) is 4.69. The Balaban J connectivity index is 2.10. The molecule has 0 saturated carbocycles. The number of halogens is 3. The van der Waals surface area contributed by atoms with E-state index in [1.807, 2.05) is 0 Å². The van der Waals surface area contributed by atoms with E-state index in [0.29, 0.717) is 19.7 Å². The number of alkyl halides is 3. The maximum Gasteiger partial charge on any atom is 0.573 e. The predicted octanol–water partition coefficient (Wildman–Crippen LogP) is 1.38. The molecule has 116 valence electrons. The Labute approximate surface area is 119 Å². The first-order chi connectivity index (χ1) is 9.89. The second-order valence-corrected chi connectivity index (χ2v) is 4.56. The molecule has 0 bridgehead atoms. The third-order valence-electron chi connectivity index (χ3n) is 3.00. The number of nitrogens with zero attached hydrogens (tertiary/aromatic N) is 1. The molecule has 2 rings (SSSR count). The van der Waals surface area contributed by atoms with Gasteiger partial charge in [-0.15, -0.1) is 13.2 Å². The maximum absolute atomic E-state index is 12.3. The van der Waals surface area contributed by atoms with Crippen molar-refractivity contribution in [2.24, 2.45) is 5.73 Å². The van der Waals surface area contributed by atoms with Gasteiger partial charge < -0.3 is 20.1 Å². The SMILES string of the molecule is NCC1CN(C(=O)c2cccc(OC(F)(F)F)c2)CCO1. The number of nitrogens with two attached hydrogens (primary N) is 1. The van der Waals surface area contributed by atoms with Crippen molar-refractivity contribution >= 4 is 5.91 Å². The number of rotatable bonds is 3. The van der Waals surface area contributed by atoms with Crippen molar-refractivity contribution in [1.29, 1.82) is 0 Å². The fourth-order valence-electron chi connectivity index (χ4n) is 2.06. The van der Waals surface area contributed by atoms with Crippen LogP contribution in [0.2, 0.25) is 0 Å². The normalized spacial score (nSPS) is 19.4. The molecule has 1 aromatic carbocycles. The molecule has 1 aliphatic rings. The van der Waals surface area contributed by atoms with Crippen LogP contribution in [0.4, 0.5) is 13.2 Å². The molecule has 0 aromatic heterocycles. The highest BCUT2D eigenvalue weighted by Gasteiger charge is 2.31. The fourth-order valence-corrected chi connectivity index (χ4v) is 2.06. The van der Waals surface area contributed by atoms with Crippen molar-refractivity contribution in [3.05, 3.63) is 29.8 Å². The summed E-state index contributed by atoms with van der Waals surface area (Å²) in [6, 6.07) is 5.00. The molecule has 1 unspecified atom stereocenters. The van der Waals surface area contributed by atoms with Crippen LogP contribution in [0.5, 0.6) is 5.75 Å². The van der Waals surface area contributed by atoms with E-state index in [-0.39, 0.29) is 24.1 Å². The first kappa shape index (κ1) is 15.6. The van der Waals surface area contributed by atoms with Gasteiger partial charge >= 0.3 is 6.36 Å². The van der Waals surface area contributed by atoms with Gasteiger partial charge in [-0.3, -0.25) is 4.79 Å². The molecule has 8 heteroatoms. The van der Waals surface area contributed by atoms with Crippen LogP contribution in [0.25, 0.3) is 0 Å². The molecular formula is C13H15F3N2O3. The lowest BCUT2D eigenvalue weighted by Crippen LogP contribution is -2.48. The minimum Gasteiger partial charge on any atom is -0.406 e. The molecule has 1 aliphatic heterocycles. The lowest BCUT2D eigenvalue weighted by atomic mass is 10.1. The van der Waals surface area contributed by atoms with Crippen molar-refractivity contribution in [2.75, 3.05) is 26.2 Å². The number of ether oxygens (including phenoxy) is 2. The number of carbonyl (C=O) groups excluding carboxylic acids is 1. The summed E-state index contributed by atoms with van der Waals surface area (Å²) in [7, 11) is 0. The number of hydrogen-bond donors (Lipinski definition) is 1. The molecule has 21 heavy (non-hydrogen) atoms. The van der Waals surface area contributed by atoms with Crippen molar-refractivity contribution in [3.8, 4) is 5.75 Å². The third-order valence-corrected chi connectivity index (χ3v) is 3.00. The molecule has 1 saturated heterocycles. The molecule has 2 N–H and O–H groups in total. The Morgan fingerprint density at radius 1 is 1.48 bits per heavy atom. The molecule has 1 heterocycles. The standard InChI is InChI=1S/C13H15F3N2O3/c14-13(15,16)21-10-3-1-2-9(6-10)12(19)18-4-5-20-11(7-17)8-18/h1-3,6,11H,4-5,7-8,17H2. The molecule has 1 aromatic rings. The van der Waals surface area contributed by atoms with E-state index in [0.717, 1.165) is 12.1 Å². The topological polar surface area (TPSA) is 64.8 Å². The molecule has 5 nitrogen and oxygen atoms in total. The number of amides is 1. The minimum atomic E-state index is -4.79. The predicted molar refractivity (Wildman–Crippen MR) is 67.8 cm³/mol. The fraction of sp³-hybridized carbons (Fsp3) is 0.462. The van der Waals surface area contributed by atoms with Gasteiger partial charge in [-0.2, -0.15) is 0 Å². The van der Waals surface area contributed by atoms with Gasteiger partial charge in [0, 0.05) is 25.2 Å². The van der Waals surface area contributed by atoms with Crippen LogP contribution in [0.3, 0.4) is 0 Å². The second kappa shape index (κ2) is 6.31. The van der Waals surface area contributed by atoms with Crippen LogP contribution in [0, 0.1) is 0 Å². The minimum absolute atomic E-state index is 0.134. The van der Waals surface area contributed by atoms with E-state index in [9.17, 15) is 18.0 Å². The highest BCUT2D eigenvalue weighted by atomic mass is 19.4. The largest absolute Gasteiger partial charge is 0.573 e. The number of carbonyl (C=O) groups is 1. The summed E-state index contributed by atoms with van der Waals surface area (Å²) < 4.78 is 45.7. The van der Waals surface area contributed by atoms with Crippen molar-refractivity contribution in [3.63, 3.8) is 0 Å². The van der Waals surface area contributed by atoms with Gasteiger partial charge in [0.15, 0.2) is 0 Å². The van der Waals surface area contributed by atoms with Crippen molar-refractivity contribution in [1.82, 2.24) is 4.90 Å². The lowest BCUT2D eigenvalue weighted by Gasteiger charge is -2.32. The highest BCUT2D eigenvalue weighted by molar-refractivity contribution is 5.94. The van der Waals surface area contributed by atoms with Gasteiger partial charge in [-0.05, 0) is 18.2 Å². The molecular weight excluding hydrogens is 289 g/mol. The Hall–Kier alpha value is -1.80. The van der Waals surface area contributed by atoms with Crippen molar-refractivity contribution in [2.45, 2.75) is 12.5 Å². The Morgan fingerprint density at radius 2 is 2.24 bits per heavy atom. The van der Waals surface area contributed by atoms with Crippen LogP contribution < -0.4 is 10.5 Å². The first-order valence-corrected chi connectivity index (χ1v) is 6.36. The second-order valence-electron chi connectivity index (χ2n) is 4.56. The van der Waals surface area contributed by atoms with Crippen LogP contribution in [-0.4, -0.2) is 49.5 Å². The maximum atomic E-state index is 12.3. The first-order valence-electron chi connectivity index (χ1n) is 6.36. The summed E-state index contributed by atoms with van der Waals surface area (Å²) in [6.07, 6.45) is -5.04. The van der Waals surface area contributed by atoms with Crippen LogP contribution in [-0.2, 0) is 4.74 Å². The summed E-state index contributed by atoms with van der Waals surface area (Å²) in [5.74, 6) is -0.790. The summed E-state index contributed by atoms with van der Waals surface area (Å²) in [4.78, 5) is 13.8.